The number of alkyl halides is 6. The van der Waals surface area contributed by atoms with Crippen molar-refractivity contribution < 1.29 is 50.5 Å². The smallest absolute Gasteiger partial charge is 0.416 e. The summed E-state index contributed by atoms with van der Waals surface area (Å²) in [5, 5.41) is 9.70. The SMILES string of the molecule is CCC(C)(C(=O)OC1CC2CC(CC(C)(O)C(F)(F)F)C1C2)C(F)(F)F.CCC(C)(C)C(=O)OCCC[Si](C)(C)C.CCC(C)C1CCCCC1.CCC(C)c1ccccc1. The zero-order chi connectivity index (χ0) is 47.0. The van der Waals surface area contributed by atoms with E-state index in [2.05, 4.69) is 77.7 Å². The number of esters is 2. The molecule has 3 aliphatic rings. The first-order valence-electron chi connectivity index (χ1n) is 23.3. The fourth-order valence-electron chi connectivity index (χ4n) is 8.31. The van der Waals surface area contributed by atoms with Crippen LogP contribution in [0.4, 0.5) is 26.3 Å². The Morgan fingerprint density at radius 3 is 1.80 bits per heavy atom. The van der Waals surface area contributed by atoms with Gasteiger partial charge in [-0.15, -0.1) is 0 Å². The molecule has 61 heavy (non-hydrogen) atoms. The molecule has 3 fully saturated rings. The van der Waals surface area contributed by atoms with E-state index in [9.17, 15) is 41.0 Å². The average molecular weight is 895 g/mol. The molecule has 1 aromatic rings. The molecule has 4 rings (SSSR count). The van der Waals surface area contributed by atoms with E-state index in [4.69, 9.17) is 9.47 Å². The van der Waals surface area contributed by atoms with E-state index in [1.807, 2.05) is 20.8 Å². The van der Waals surface area contributed by atoms with E-state index in [0.29, 0.717) is 38.7 Å². The van der Waals surface area contributed by atoms with Crippen LogP contribution in [-0.4, -0.2) is 55.8 Å². The van der Waals surface area contributed by atoms with Gasteiger partial charge in [0.25, 0.3) is 0 Å². The van der Waals surface area contributed by atoms with Crippen molar-refractivity contribution >= 4 is 20.0 Å². The molecule has 2 bridgehead atoms. The summed E-state index contributed by atoms with van der Waals surface area (Å²) in [5.41, 5.74) is -4.38. The number of ether oxygens (including phenoxy) is 2. The van der Waals surface area contributed by atoms with Gasteiger partial charge in [-0.05, 0) is 120 Å². The number of aliphatic hydroxyl groups is 1. The highest BCUT2D eigenvalue weighted by Crippen LogP contribution is 2.54. The van der Waals surface area contributed by atoms with Crippen LogP contribution in [0, 0.1) is 40.4 Å². The second-order valence-corrected chi connectivity index (χ2v) is 26.3. The van der Waals surface area contributed by atoms with Crippen molar-refractivity contribution in [2.24, 2.45) is 40.4 Å². The first-order valence-corrected chi connectivity index (χ1v) is 27.0. The van der Waals surface area contributed by atoms with Gasteiger partial charge in [0.2, 0.25) is 0 Å². The van der Waals surface area contributed by atoms with E-state index < -0.39 is 68.2 Å². The molecule has 0 aromatic heterocycles. The maximum Gasteiger partial charge on any atom is 0.416 e. The van der Waals surface area contributed by atoms with Gasteiger partial charge in [0.15, 0.2) is 11.0 Å². The summed E-state index contributed by atoms with van der Waals surface area (Å²) in [4.78, 5) is 23.8. The lowest BCUT2D eigenvalue weighted by Gasteiger charge is -2.36. The van der Waals surface area contributed by atoms with Crippen molar-refractivity contribution in [3.05, 3.63) is 35.9 Å². The lowest BCUT2D eigenvalue weighted by molar-refractivity contribution is -0.260. The summed E-state index contributed by atoms with van der Waals surface area (Å²) >= 11 is 0. The fourth-order valence-corrected chi connectivity index (χ4v) is 9.52. The minimum Gasteiger partial charge on any atom is -0.465 e. The van der Waals surface area contributed by atoms with Crippen molar-refractivity contribution in [1.29, 1.82) is 0 Å². The van der Waals surface area contributed by atoms with Gasteiger partial charge in [-0.3, -0.25) is 9.59 Å². The van der Waals surface area contributed by atoms with Gasteiger partial charge in [-0.2, -0.15) is 26.3 Å². The van der Waals surface area contributed by atoms with Gasteiger partial charge in [0, 0.05) is 8.07 Å². The number of halogens is 6. The van der Waals surface area contributed by atoms with Crippen LogP contribution in [0.2, 0.25) is 25.7 Å². The van der Waals surface area contributed by atoms with Crippen molar-refractivity contribution in [2.75, 3.05) is 6.61 Å². The van der Waals surface area contributed by atoms with E-state index in [0.717, 1.165) is 31.6 Å². The molecule has 1 N–H and O–H groups in total. The van der Waals surface area contributed by atoms with Crippen LogP contribution >= 0.6 is 0 Å². The molecule has 356 valence electrons. The molecule has 0 saturated heterocycles. The van der Waals surface area contributed by atoms with Crippen LogP contribution in [0.3, 0.4) is 0 Å². The Hall–Kier alpha value is -2.08. The van der Waals surface area contributed by atoms with Crippen molar-refractivity contribution in [1.82, 2.24) is 0 Å². The third kappa shape index (κ3) is 18.5. The molecule has 0 radical (unpaired) electrons. The van der Waals surface area contributed by atoms with Gasteiger partial charge in [-0.1, -0.05) is 136 Å². The van der Waals surface area contributed by atoms with Crippen molar-refractivity contribution in [3.8, 4) is 0 Å². The van der Waals surface area contributed by atoms with Crippen LogP contribution in [0.15, 0.2) is 30.3 Å². The summed E-state index contributed by atoms with van der Waals surface area (Å²) in [6.45, 7) is 25.4. The second-order valence-electron chi connectivity index (χ2n) is 20.6. The van der Waals surface area contributed by atoms with Crippen LogP contribution in [0.25, 0.3) is 0 Å². The van der Waals surface area contributed by atoms with E-state index in [-0.39, 0.29) is 17.3 Å². The Bertz CT molecular complexity index is 1400. The third-order valence-electron chi connectivity index (χ3n) is 14.0. The maximum absolute atomic E-state index is 13.2. The van der Waals surface area contributed by atoms with Crippen LogP contribution in [0.1, 0.15) is 171 Å². The number of fused-ring (bicyclic) bond motifs is 2. The maximum atomic E-state index is 13.2. The van der Waals surface area contributed by atoms with Gasteiger partial charge in [0.05, 0.1) is 12.0 Å². The minimum absolute atomic E-state index is 0.00519. The largest absolute Gasteiger partial charge is 0.465 e. The first-order chi connectivity index (χ1) is 28.0. The Morgan fingerprint density at radius 1 is 0.787 bits per heavy atom. The zero-order valence-corrected chi connectivity index (χ0v) is 41.1. The van der Waals surface area contributed by atoms with E-state index in [1.165, 1.54) is 63.5 Å². The molecule has 3 aliphatic carbocycles. The second kappa shape index (κ2) is 24.8. The topological polar surface area (TPSA) is 72.8 Å². The quantitative estimate of drug-likeness (QED) is 0.0822. The highest BCUT2D eigenvalue weighted by Gasteiger charge is 2.59. The molecule has 8 atom stereocenters. The summed E-state index contributed by atoms with van der Waals surface area (Å²) in [6, 6.07) is 11.9. The number of benzene rings is 1. The number of hydrogen-bond donors (Lipinski definition) is 1. The van der Waals surface area contributed by atoms with Gasteiger partial charge < -0.3 is 14.6 Å². The molecule has 0 heterocycles. The summed E-state index contributed by atoms with van der Waals surface area (Å²) < 4.78 is 88.7. The Balaban J connectivity index is 0.000000448. The number of carbonyl (C=O) groups is 2. The molecule has 5 nitrogen and oxygen atoms in total. The predicted molar refractivity (Wildman–Crippen MR) is 239 cm³/mol. The molecule has 1 aromatic carbocycles. The zero-order valence-electron chi connectivity index (χ0n) is 40.1. The molecule has 0 spiro atoms. The highest BCUT2D eigenvalue weighted by atomic mass is 28.3. The normalized spacial score (nSPS) is 23.6. The lowest BCUT2D eigenvalue weighted by atomic mass is 9.79. The molecule has 0 aliphatic heterocycles. The van der Waals surface area contributed by atoms with E-state index >= 15 is 0 Å². The average Bonchev–Trinajstić information content (AvgIpc) is 3.78. The monoisotopic (exact) mass is 895 g/mol. The Labute approximate surface area is 367 Å². The van der Waals surface area contributed by atoms with Gasteiger partial charge >= 0.3 is 24.3 Å². The van der Waals surface area contributed by atoms with Crippen LogP contribution in [-0.2, 0) is 19.1 Å². The number of hydrogen-bond acceptors (Lipinski definition) is 5. The number of rotatable bonds is 15. The van der Waals surface area contributed by atoms with Gasteiger partial charge in [0.1, 0.15) is 6.10 Å². The Kier molecular flexibility index (Phi) is 23.2. The first kappa shape index (κ1) is 56.9. The summed E-state index contributed by atoms with van der Waals surface area (Å²) in [5.74, 6) is 0.340. The minimum atomic E-state index is -4.79. The summed E-state index contributed by atoms with van der Waals surface area (Å²) in [6.07, 6.45) is 1.85. The van der Waals surface area contributed by atoms with Gasteiger partial charge in [-0.25, -0.2) is 0 Å². The van der Waals surface area contributed by atoms with Crippen molar-refractivity contribution in [3.63, 3.8) is 0 Å². The van der Waals surface area contributed by atoms with Crippen molar-refractivity contribution in [2.45, 2.75) is 215 Å². The molecule has 12 heteroatoms. The summed E-state index contributed by atoms with van der Waals surface area (Å²) in [7, 11) is -0.975. The van der Waals surface area contributed by atoms with Crippen LogP contribution in [0.5, 0.6) is 0 Å². The molecular weight excluding hydrogens is 811 g/mol. The predicted octanol–water partition coefficient (Wildman–Crippen LogP) is 15.1. The third-order valence-corrected chi connectivity index (χ3v) is 15.9. The Morgan fingerprint density at radius 2 is 1.36 bits per heavy atom. The van der Waals surface area contributed by atoms with Crippen LogP contribution < -0.4 is 0 Å². The standard InChI is InChI=1S/C17H24F6O3.C12H26O2Si.C10H20.C10H14/c1-4-14(2,16(18,19)20)13(24)26-12-7-9-5-10(11(12)6-9)8-15(3,25)17(21,22)23;1-7-12(2,3)11(13)14-9-8-10-15(4,5)6;2*1-3-9(2)10-7-5-4-6-8-10/h9-12,25H,4-8H2,1-3H3;7-10H2,1-6H3;9-10H,3-8H2,1-2H3;4-9H,3H2,1-2H3. The van der Waals surface area contributed by atoms with E-state index in [1.54, 1.807) is 0 Å². The molecule has 0 amide bonds. The highest BCUT2D eigenvalue weighted by molar-refractivity contribution is 6.76. The molecular formula is C49H84F6O5Si. The fraction of sp³-hybridized carbons (Fsp3) is 0.837. The number of carbonyl (C=O) groups excluding carboxylic acids is 2. The molecule has 8 unspecified atom stereocenters. The molecule has 3 saturated carbocycles. The lowest BCUT2D eigenvalue weighted by Crippen LogP contribution is -2.47.